The SMILES string of the molecule is Cc1c(Cl)cccc1NC(=O)CNC(=O)C=Cc1cc2c(cc1[N+](=O)[O-])OCO2. The summed E-state index contributed by atoms with van der Waals surface area (Å²) in [6.07, 6.45) is 2.37. The molecule has 2 aromatic rings. The number of halogens is 1. The van der Waals surface area contributed by atoms with E-state index >= 15 is 0 Å². The third kappa shape index (κ3) is 4.82. The predicted octanol–water partition coefficient (Wildman–Crippen LogP) is 3.05. The van der Waals surface area contributed by atoms with Crippen molar-refractivity contribution in [2.45, 2.75) is 6.92 Å². The van der Waals surface area contributed by atoms with Gasteiger partial charge in [0.05, 0.1) is 23.1 Å². The van der Waals surface area contributed by atoms with Gasteiger partial charge in [0.2, 0.25) is 18.6 Å². The van der Waals surface area contributed by atoms with Gasteiger partial charge < -0.3 is 20.1 Å². The number of benzene rings is 2. The maximum Gasteiger partial charge on any atom is 0.280 e. The van der Waals surface area contributed by atoms with Crippen molar-refractivity contribution in [1.82, 2.24) is 5.32 Å². The van der Waals surface area contributed by atoms with Crippen molar-refractivity contribution >= 4 is 40.9 Å². The third-order valence-corrected chi connectivity index (χ3v) is 4.51. The number of anilines is 1. The second-order valence-corrected chi connectivity index (χ2v) is 6.44. The summed E-state index contributed by atoms with van der Waals surface area (Å²) in [6, 6.07) is 7.75. The molecule has 0 saturated carbocycles. The number of amides is 2. The van der Waals surface area contributed by atoms with Gasteiger partial charge >= 0.3 is 0 Å². The number of nitro groups is 1. The van der Waals surface area contributed by atoms with E-state index in [1.807, 2.05) is 0 Å². The smallest absolute Gasteiger partial charge is 0.280 e. The van der Waals surface area contributed by atoms with E-state index in [0.717, 1.165) is 6.08 Å². The number of rotatable bonds is 6. The molecule has 0 bridgehead atoms. The Balaban J connectivity index is 1.61. The van der Waals surface area contributed by atoms with E-state index in [9.17, 15) is 19.7 Å². The molecule has 1 aliphatic heterocycles. The number of nitrogens with zero attached hydrogens (tertiary/aromatic N) is 1. The summed E-state index contributed by atoms with van der Waals surface area (Å²) in [5, 5.41) is 16.8. The Morgan fingerprint density at radius 3 is 2.72 bits per heavy atom. The molecule has 150 valence electrons. The number of nitrogens with one attached hydrogen (secondary N) is 2. The van der Waals surface area contributed by atoms with E-state index in [4.69, 9.17) is 21.1 Å². The van der Waals surface area contributed by atoms with Gasteiger partial charge in [-0.2, -0.15) is 0 Å². The van der Waals surface area contributed by atoms with Gasteiger partial charge in [0, 0.05) is 16.8 Å². The van der Waals surface area contributed by atoms with Crippen LogP contribution in [0.2, 0.25) is 5.02 Å². The van der Waals surface area contributed by atoms with Crippen LogP contribution in [0.15, 0.2) is 36.4 Å². The van der Waals surface area contributed by atoms with Gasteiger partial charge in [-0.1, -0.05) is 17.7 Å². The Kier molecular flexibility index (Phi) is 5.99. The first-order valence-corrected chi connectivity index (χ1v) is 8.82. The highest BCUT2D eigenvalue weighted by Crippen LogP contribution is 2.38. The number of ether oxygens (including phenoxy) is 2. The van der Waals surface area contributed by atoms with Crippen LogP contribution in [-0.4, -0.2) is 30.1 Å². The molecule has 0 radical (unpaired) electrons. The van der Waals surface area contributed by atoms with Gasteiger partial charge in [-0.3, -0.25) is 19.7 Å². The lowest BCUT2D eigenvalue weighted by Crippen LogP contribution is -2.31. The molecule has 2 N–H and O–H groups in total. The third-order valence-electron chi connectivity index (χ3n) is 4.10. The maximum atomic E-state index is 12.0. The van der Waals surface area contributed by atoms with Gasteiger partial charge in [-0.05, 0) is 36.8 Å². The number of carbonyl (C=O) groups is 2. The lowest BCUT2D eigenvalue weighted by molar-refractivity contribution is -0.385. The number of fused-ring (bicyclic) bond motifs is 1. The lowest BCUT2D eigenvalue weighted by atomic mass is 10.1. The first kappa shape index (κ1) is 20.2. The first-order chi connectivity index (χ1) is 13.8. The van der Waals surface area contributed by atoms with Crippen molar-refractivity contribution in [3.05, 3.63) is 62.7 Å². The molecule has 10 heteroatoms. The Morgan fingerprint density at radius 2 is 2.00 bits per heavy atom. The summed E-state index contributed by atoms with van der Waals surface area (Å²) in [5.41, 5.74) is 1.20. The highest BCUT2D eigenvalue weighted by atomic mass is 35.5. The zero-order valence-corrected chi connectivity index (χ0v) is 16.0. The minimum atomic E-state index is -0.588. The summed E-state index contributed by atoms with van der Waals surface area (Å²) in [6.45, 7) is 1.46. The van der Waals surface area contributed by atoms with Crippen LogP contribution >= 0.6 is 11.6 Å². The van der Waals surface area contributed by atoms with E-state index in [1.165, 1.54) is 18.2 Å². The Labute approximate surface area is 170 Å². The average Bonchev–Trinajstić information content (AvgIpc) is 3.15. The molecule has 2 aromatic carbocycles. The van der Waals surface area contributed by atoms with Crippen molar-refractivity contribution in [3.8, 4) is 11.5 Å². The van der Waals surface area contributed by atoms with Crippen LogP contribution in [0.4, 0.5) is 11.4 Å². The predicted molar refractivity (Wildman–Crippen MR) is 106 cm³/mol. The van der Waals surface area contributed by atoms with E-state index in [2.05, 4.69) is 10.6 Å². The molecule has 0 atom stereocenters. The topological polar surface area (TPSA) is 120 Å². The van der Waals surface area contributed by atoms with Crippen LogP contribution < -0.4 is 20.1 Å². The van der Waals surface area contributed by atoms with E-state index in [1.54, 1.807) is 25.1 Å². The van der Waals surface area contributed by atoms with Crippen molar-refractivity contribution in [3.63, 3.8) is 0 Å². The summed E-state index contributed by atoms with van der Waals surface area (Å²) in [5.74, 6) is -0.403. The van der Waals surface area contributed by atoms with E-state index in [-0.39, 0.29) is 30.3 Å². The van der Waals surface area contributed by atoms with Gasteiger partial charge in [0.15, 0.2) is 11.5 Å². The van der Waals surface area contributed by atoms with Crippen molar-refractivity contribution in [2.24, 2.45) is 0 Å². The molecule has 1 aliphatic rings. The largest absolute Gasteiger partial charge is 0.454 e. The van der Waals surface area contributed by atoms with Crippen molar-refractivity contribution in [1.29, 1.82) is 0 Å². The molecule has 1 heterocycles. The summed E-state index contributed by atoms with van der Waals surface area (Å²) >= 11 is 6.00. The molecular formula is C19H16ClN3O6. The van der Waals surface area contributed by atoms with Gasteiger partial charge in [0.25, 0.3) is 5.69 Å². The minimum absolute atomic E-state index is 0.0264. The van der Waals surface area contributed by atoms with Crippen LogP contribution in [0.5, 0.6) is 11.5 Å². The zero-order valence-electron chi connectivity index (χ0n) is 15.2. The minimum Gasteiger partial charge on any atom is -0.454 e. The zero-order chi connectivity index (χ0) is 21.0. The molecular weight excluding hydrogens is 402 g/mol. The fraction of sp³-hybridized carbons (Fsp3) is 0.158. The summed E-state index contributed by atoms with van der Waals surface area (Å²) in [7, 11) is 0. The van der Waals surface area contributed by atoms with Gasteiger partial charge in [-0.25, -0.2) is 0 Å². The monoisotopic (exact) mass is 417 g/mol. The van der Waals surface area contributed by atoms with Crippen LogP contribution in [0.3, 0.4) is 0 Å². The second-order valence-electron chi connectivity index (χ2n) is 6.03. The van der Waals surface area contributed by atoms with Gasteiger partial charge in [-0.15, -0.1) is 0 Å². The molecule has 0 spiro atoms. The van der Waals surface area contributed by atoms with Crippen molar-refractivity contribution < 1.29 is 24.0 Å². The number of hydrogen-bond donors (Lipinski definition) is 2. The molecule has 9 nitrogen and oxygen atoms in total. The quantitative estimate of drug-likeness (QED) is 0.423. The molecule has 0 aromatic heterocycles. The Bertz CT molecular complexity index is 1020. The Hall–Kier alpha value is -3.59. The number of hydrogen-bond acceptors (Lipinski definition) is 6. The van der Waals surface area contributed by atoms with Crippen molar-refractivity contribution in [2.75, 3.05) is 18.7 Å². The van der Waals surface area contributed by atoms with Crippen LogP contribution in [0, 0.1) is 17.0 Å². The summed E-state index contributed by atoms with van der Waals surface area (Å²) < 4.78 is 10.3. The van der Waals surface area contributed by atoms with E-state index < -0.39 is 16.7 Å². The Morgan fingerprint density at radius 1 is 1.28 bits per heavy atom. The highest BCUT2D eigenvalue weighted by Gasteiger charge is 2.22. The summed E-state index contributed by atoms with van der Waals surface area (Å²) in [4.78, 5) is 34.6. The number of carbonyl (C=O) groups excluding carboxylic acids is 2. The van der Waals surface area contributed by atoms with E-state index in [0.29, 0.717) is 22.0 Å². The highest BCUT2D eigenvalue weighted by molar-refractivity contribution is 6.31. The van der Waals surface area contributed by atoms with Crippen LogP contribution in [0.25, 0.3) is 6.08 Å². The molecule has 3 rings (SSSR count). The fourth-order valence-corrected chi connectivity index (χ4v) is 2.74. The molecule has 2 amide bonds. The fourth-order valence-electron chi connectivity index (χ4n) is 2.57. The number of nitro benzene ring substituents is 1. The maximum absolute atomic E-state index is 12.0. The second kappa shape index (κ2) is 8.61. The average molecular weight is 418 g/mol. The molecule has 0 fully saturated rings. The standard InChI is InChI=1S/C19H16ClN3O6/c1-11-13(20)3-2-4-14(11)22-19(25)9-21-18(24)6-5-12-7-16-17(29-10-28-16)8-15(12)23(26)27/h2-8H,9-10H2,1H3,(H,21,24)(H,22,25). The molecule has 0 unspecified atom stereocenters. The normalized spacial score (nSPS) is 12.1. The molecule has 29 heavy (non-hydrogen) atoms. The lowest BCUT2D eigenvalue weighted by Gasteiger charge is -2.09. The molecule has 0 saturated heterocycles. The first-order valence-electron chi connectivity index (χ1n) is 8.44. The van der Waals surface area contributed by atoms with Gasteiger partial charge in [0.1, 0.15) is 0 Å². The van der Waals surface area contributed by atoms with Crippen LogP contribution in [0.1, 0.15) is 11.1 Å². The van der Waals surface area contributed by atoms with Crippen LogP contribution in [-0.2, 0) is 9.59 Å². The molecule has 0 aliphatic carbocycles.